The number of hydrogen-bond donors (Lipinski definition) is 2. The second kappa shape index (κ2) is 9.34. The molecule has 0 amide bonds. The Labute approximate surface area is 143 Å². The molecule has 0 bridgehead atoms. The van der Waals surface area contributed by atoms with Gasteiger partial charge in [0.25, 0.3) is 0 Å². The molecule has 1 aromatic carbocycles. The van der Waals surface area contributed by atoms with Gasteiger partial charge in [-0.1, -0.05) is 18.6 Å². The predicted octanol–water partition coefficient (Wildman–Crippen LogP) is 1.98. The summed E-state index contributed by atoms with van der Waals surface area (Å²) in [4.78, 5) is 2.39. The first kappa shape index (κ1) is 18.4. The first-order chi connectivity index (χ1) is 11.7. The molecular formula is C18H24FN5. The molecule has 24 heavy (non-hydrogen) atoms. The van der Waals surface area contributed by atoms with Crippen LogP contribution in [0.4, 0.5) is 4.39 Å². The van der Waals surface area contributed by atoms with Crippen LogP contribution in [0.25, 0.3) is 0 Å². The third-order valence-corrected chi connectivity index (χ3v) is 4.54. The predicted molar refractivity (Wildman–Crippen MR) is 90.0 cm³/mol. The van der Waals surface area contributed by atoms with Gasteiger partial charge in [0.2, 0.25) is 0 Å². The van der Waals surface area contributed by atoms with Crippen molar-refractivity contribution in [1.29, 1.82) is 10.5 Å². The summed E-state index contributed by atoms with van der Waals surface area (Å²) in [5.41, 5.74) is 1.10. The van der Waals surface area contributed by atoms with E-state index in [1.54, 1.807) is 7.05 Å². The van der Waals surface area contributed by atoms with Crippen molar-refractivity contribution >= 4 is 0 Å². The second-order valence-electron chi connectivity index (χ2n) is 6.16. The average molecular weight is 329 g/mol. The number of hydrogen-bond acceptors (Lipinski definition) is 5. The van der Waals surface area contributed by atoms with Crippen LogP contribution in [0.3, 0.4) is 0 Å². The van der Waals surface area contributed by atoms with E-state index in [0.717, 1.165) is 31.5 Å². The van der Waals surface area contributed by atoms with Gasteiger partial charge in [-0.2, -0.15) is 10.5 Å². The molecule has 0 aliphatic carbocycles. The lowest BCUT2D eigenvalue weighted by Gasteiger charge is -2.37. The molecule has 1 fully saturated rings. The zero-order valence-corrected chi connectivity index (χ0v) is 14.0. The van der Waals surface area contributed by atoms with Crippen molar-refractivity contribution in [3.8, 4) is 12.1 Å². The highest BCUT2D eigenvalue weighted by molar-refractivity contribution is 5.16. The summed E-state index contributed by atoms with van der Waals surface area (Å²) >= 11 is 0. The number of halogens is 1. The fraction of sp³-hybridized carbons (Fsp3) is 0.556. The lowest BCUT2D eigenvalue weighted by atomic mass is 10.0. The highest BCUT2D eigenvalue weighted by Crippen LogP contribution is 2.19. The van der Waals surface area contributed by atoms with Crippen LogP contribution in [0.15, 0.2) is 24.3 Å². The molecule has 5 nitrogen and oxygen atoms in total. The van der Waals surface area contributed by atoms with Gasteiger partial charge in [-0.25, -0.2) is 4.39 Å². The molecule has 1 aliphatic heterocycles. The Hall–Kier alpha value is -1.99. The summed E-state index contributed by atoms with van der Waals surface area (Å²) < 4.78 is 13.1. The minimum absolute atomic E-state index is 0.216. The van der Waals surface area contributed by atoms with Crippen molar-refractivity contribution in [2.75, 3.05) is 20.1 Å². The number of piperidine rings is 1. The molecule has 2 unspecified atom stereocenters. The Kier molecular flexibility index (Phi) is 7.14. The fourth-order valence-corrected chi connectivity index (χ4v) is 3.15. The standard InChI is InChI=1S/C18H24FN5/c1-22-18(15(10-20)11-21)23-12-17-4-2-3-9-24(17)13-14-5-7-16(19)8-6-14/h5-8,15,17-18,22-23H,2-4,9,12-13H2,1H3. The summed E-state index contributed by atoms with van der Waals surface area (Å²) in [6.07, 6.45) is 3.08. The normalized spacial score (nSPS) is 19.6. The Morgan fingerprint density at radius 2 is 1.96 bits per heavy atom. The van der Waals surface area contributed by atoms with E-state index in [0.29, 0.717) is 12.6 Å². The van der Waals surface area contributed by atoms with Gasteiger partial charge in [0, 0.05) is 19.1 Å². The zero-order valence-electron chi connectivity index (χ0n) is 14.0. The smallest absolute Gasteiger partial charge is 0.161 e. The lowest BCUT2D eigenvalue weighted by molar-refractivity contribution is 0.132. The summed E-state index contributed by atoms with van der Waals surface area (Å²) in [5.74, 6) is -0.935. The van der Waals surface area contributed by atoms with Crippen LogP contribution >= 0.6 is 0 Å². The molecule has 1 aliphatic rings. The third kappa shape index (κ3) is 5.01. The van der Waals surface area contributed by atoms with Crippen molar-refractivity contribution in [3.63, 3.8) is 0 Å². The minimum Gasteiger partial charge on any atom is -0.303 e. The van der Waals surface area contributed by atoms with Crippen LogP contribution in [0.5, 0.6) is 0 Å². The first-order valence-corrected chi connectivity index (χ1v) is 8.36. The molecule has 1 heterocycles. The van der Waals surface area contributed by atoms with E-state index in [9.17, 15) is 4.39 Å². The quantitative estimate of drug-likeness (QED) is 0.748. The highest BCUT2D eigenvalue weighted by Gasteiger charge is 2.25. The van der Waals surface area contributed by atoms with Gasteiger partial charge < -0.3 is 5.32 Å². The third-order valence-electron chi connectivity index (χ3n) is 4.54. The molecule has 6 heteroatoms. The molecule has 0 radical (unpaired) electrons. The van der Waals surface area contributed by atoms with Crippen LogP contribution in [0.1, 0.15) is 24.8 Å². The molecule has 1 saturated heterocycles. The monoisotopic (exact) mass is 329 g/mol. The van der Waals surface area contributed by atoms with Crippen LogP contribution in [0.2, 0.25) is 0 Å². The van der Waals surface area contributed by atoms with Gasteiger partial charge in [-0.15, -0.1) is 0 Å². The molecule has 128 valence electrons. The lowest BCUT2D eigenvalue weighted by Crippen LogP contribution is -2.52. The van der Waals surface area contributed by atoms with Crippen molar-refractivity contribution < 1.29 is 4.39 Å². The molecule has 2 N–H and O–H groups in total. The molecule has 2 atom stereocenters. The summed E-state index contributed by atoms with van der Waals surface area (Å²) in [7, 11) is 1.75. The van der Waals surface area contributed by atoms with Crippen molar-refractivity contribution in [2.45, 2.75) is 38.0 Å². The summed E-state index contributed by atoms with van der Waals surface area (Å²) in [5, 5.41) is 24.4. The molecular weight excluding hydrogens is 305 g/mol. The molecule has 1 aromatic rings. The topological polar surface area (TPSA) is 74.9 Å². The van der Waals surface area contributed by atoms with E-state index in [4.69, 9.17) is 10.5 Å². The Balaban J connectivity index is 1.95. The molecule has 0 aromatic heterocycles. The van der Waals surface area contributed by atoms with E-state index in [-0.39, 0.29) is 12.0 Å². The van der Waals surface area contributed by atoms with Crippen LogP contribution < -0.4 is 10.6 Å². The van der Waals surface area contributed by atoms with Gasteiger partial charge >= 0.3 is 0 Å². The van der Waals surface area contributed by atoms with E-state index in [1.165, 1.54) is 18.6 Å². The number of likely N-dealkylation sites (tertiary alicyclic amines) is 1. The Morgan fingerprint density at radius 3 is 2.58 bits per heavy atom. The number of rotatable bonds is 7. The molecule has 0 spiro atoms. The molecule has 0 saturated carbocycles. The largest absolute Gasteiger partial charge is 0.303 e. The number of benzene rings is 1. The van der Waals surface area contributed by atoms with E-state index in [2.05, 4.69) is 15.5 Å². The van der Waals surface area contributed by atoms with Crippen molar-refractivity contribution in [1.82, 2.24) is 15.5 Å². The van der Waals surface area contributed by atoms with Crippen LogP contribution in [-0.2, 0) is 6.54 Å². The average Bonchev–Trinajstić information content (AvgIpc) is 2.61. The SMILES string of the molecule is CNC(NCC1CCCCN1Cc1ccc(F)cc1)C(C#N)C#N. The summed E-state index contributed by atoms with van der Waals surface area (Å²) in [6, 6.07) is 11.0. The van der Waals surface area contributed by atoms with Gasteiger partial charge in [0.05, 0.1) is 18.3 Å². The highest BCUT2D eigenvalue weighted by atomic mass is 19.1. The zero-order chi connectivity index (χ0) is 17.4. The maximum Gasteiger partial charge on any atom is 0.161 e. The molecule has 2 rings (SSSR count). The minimum atomic E-state index is -0.718. The van der Waals surface area contributed by atoms with Crippen LogP contribution in [-0.4, -0.2) is 37.2 Å². The van der Waals surface area contributed by atoms with E-state index < -0.39 is 5.92 Å². The Bertz CT molecular complexity index is 575. The van der Waals surface area contributed by atoms with Crippen LogP contribution in [0, 0.1) is 34.4 Å². The number of nitriles is 2. The van der Waals surface area contributed by atoms with Gasteiger partial charge in [0.1, 0.15) is 5.82 Å². The van der Waals surface area contributed by atoms with Gasteiger partial charge in [-0.05, 0) is 44.1 Å². The maximum absolute atomic E-state index is 13.1. The Morgan fingerprint density at radius 1 is 1.25 bits per heavy atom. The van der Waals surface area contributed by atoms with Gasteiger partial charge in [0.15, 0.2) is 5.92 Å². The first-order valence-electron chi connectivity index (χ1n) is 8.36. The van der Waals surface area contributed by atoms with Crippen molar-refractivity contribution in [3.05, 3.63) is 35.6 Å². The summed E-state index contributed by atoms with van der Waals surface area (Å²) in [6.45, 7) is 2.51. The second-order valence-corrected chi connectivity index (χ2v) is 6.16. The number of nitrogens with one attached hydrogen (secondary N) is 2. The van der Waals surface area contributed by atoms with E-state index >= 15 is 0 Å². The fourth-order valence-electron chi connectivity index (χ4n) is 3.15. The van der Waals surface area contributed by atoms with Crippen molar-refractivity contribution in [2.24, 2.45) is 5.92 Å². The maximum atomic E-state index is 13.1. The number of nitrogens with zero attached hydrogens (tertiary/aromatic N) is 3. The van der Waals surface area contributed by atoms with Gasteiger partial charge in [-0.3, -0.25) is 10.2 Å². The van der Waals surface area contributed by atoms with E-state index in [1.807, 2.05) is 24.3 Å².